The van der Waals surface area contributed by atoms with E-state index >= 15 is 0 Å². The van der Waals surface area contributed by atoms with Gasteiger partial charge in [-0.05, 0) is 18.6 Å². The zero-order valence-electron chi connectivity index (χ0n) is 11.7. The number of hydrogen-bond donors (Lipinski definition) is 4. The lowest BCUT2D eigenvalue weighted by Crippen LogP contribution is -2.30. The van der Waals surface area contributed by atoms with Gasteiger partial charge >= 0.3 is 0 Å². The molecular weight excluding hydrogens is 272 g/mol. The highest BCUT2D eigenvalue weighted by atomic mass is 16.2. The summed E-state index contributed by atoms with van der Waals surface area (Å²) in [6.07, 6.45) is 1.51. The minimum Gasteiger partial charge on any atom is -0.330 e. The Morgan fingerprint density at radius 2 is 2.00 bits per heavy atom. The van der Waals surface area contributed by atoms with Gasteiger partial charge in [0.2, 0.25) is 5.91 Å². The fourth-order valence-electron chi connectivity index (χ4n) is 2.27. The van der Waals surface area contributed by atoms with Gasteiger partial charge < -0.3 is 11.1 Å². The lowest BCUT2D eigenvalue weighted by atomic mass is 10.0. The van der Waals surface area contributed by atoms with E-state index in [0.717, 1.165) is 6.42 Å². The van der Waals surface area contributed by atoms with Crippen LogP contribution in [0.3, 0.4) is 0 Å². The maximum Gasteiger partial charge on any atom is 0.272 e. The van der Waals surface area contributed by atoms with E-state index in [1.54, 1.807) is 12.1 Å². The van der Waals surface area contributed by atoms with Crippen LogP contribution in [0.15, 0.2) is 27.8 Å². The Labute approximate surface area is 120 Å². The van der Waals surface area contributed by atoms with Crippen molar-refractivity contribution in [1.82, 2.24) is 10.2 Å². The molecule has 2 rings (SSSR count). The van der Waals surface area contributed by atoms with Crippen LogP contribution in [0.4, 0.5) is 5.69 Å². The number of benzene rings is 1. The molecule has 0 aliphatic rings. The van der Waals surface area contributed by atoms with Crippen molar-refractivity contribution < 1.29 is 4.79 Å². The maximum atomic E-state index is 12.2. The first-order chi connectivity index (χ1) is 10.1. The molecule has 7 heteroatoms. The first-order valence-corrected chi connectivity index (χ1v) is 6.83. The minimum absolute atomic E-state index is 0.168. The van der Waals surface area contributed by atoms with E-state index in [2.05, 4.69) is 15.5 Å². The fourth-order valence-corrected chi connectivity index (χ4v) is 2.27. The van der Waals surface area contributed by atoms with Gasteiger partial charge in [0.05, 0.1) is 22.4 Å². The third kappa shape index (κ3) is 3.03. The van der Waals surface area contributed by atoms with Crippen molar-refractivity contribution >= 4 is 22.4 Å². The van der Waals surface area contributed by atoms with Gasteiger partial charge in [-0.3, -0.25) is 24.6 Å². The molecule has 0 radical (unpaired) electrons. The number of nitrogens with one attached hydrogen (secondary N) is 3. The van der Waals surface area contributed by atoms with Crippen molar-refractivity contribution in [3.8, 4) is 0 Å². The molecule has 2 aromatic rings. The fraction of sp³-hybridized carbons (Fsp3) is 0.357. The van der Waals surface area contributed by atoms with Gasteiger partial charge in [-0.1, -0.05) is 19.4 Å². The predicted molar refractivity (Wildman–Crippen MR) is 81.3 cm³/mol. The number of hydrogen-bond acceptors (Lipinski definition) is 4. The summed E-state index contributed by atoms with van der Waals surface area (Å²) in [5.74, 6) is -0.558. The van der Waals surface area contributed by atoms with E-state index in [1.807, 2.05) is 6.92 Å². The van der Waals surface area contributed by atoms with Crippen LogP contribution in [-0.2, 0) is 4.79 Å². The van der Waals surface area contributed by atoms with Crippen LogP contribution in [0.5, 0.6) is 0 Å². The van der Waals surface area contributed by atoms with Gasteiger partial charge in [0.15, 0.2) is 0 Å². The molecule has 0 saturated carbocycles. The first-order valence-electron chi connectivity index (χ1n) is 6.83. The summed E-state index contributed by atoms with van der Waals surface area (Å²) >= 11 is 0. The van der Waals surface area contributed by atoms with Crippen molar-refractivity contribution in [1.29, 1.82) is 0 Å². The van der Waals surface area contributed by atoms with Gasteiger partial charge in [-0.25, -0.2) is 0 Å². The zero-order chi connectivity index (χ0) is 15.4. The number of H-pyrrole nitrogens is 2. The smallest absolute Gasteiger partial charge is 0.272 e. The highest BCUT2D eigenvalue weighted by Crippen LogP contribution is 2.18. The molecule has 1 amide bonds. The van der Waals surface area contributed by atoms with Crippen LogP contribution in [0.25, 0.3) is 10.8 Å². The third-order valence-electron chi connectivity index (χ3n) is 3.38. The number of carbonyl (C=O) groups excluding carboxylic acids is 1. The standard InChI is InChI=1S/C14H18N4O3/c1-2-4-8(7-15)12(19)16-10-6-3-5-9-11(10)14(21)18-17-13(9)20/h3,5-6,8H,2,4,7,15H2,1H3,(H,16,19)(H,17,20)(H,18,21). The quantitative estimate of drug-likeness (QED) is 0.641. The summed E-state index contributed by atoms with van der Waals surface area (Å²) < 4.78 is 0. The lowest BCUT2D eigenvalue weighted by molar-refractivity contribution is -0.119. The molecule has 1 aromatic carbocycles. The topological polar surface area (TPSA) is 121 Å². The van der Waals surface area contributed by atoms with E-state index in [0.29, 0.717) is 12.1 Å². The molecule has 1 atom stereocenters. The van der Waals surface area contributed by atoms with Gasteiger partial charge in [-0.2, -0.15) is 0 Å². The molecule has 1 unspecified atom stereocenters. The summed E-state index contributed by atoms with van der Waals surface area (Å²) in [6.45, 7) is 2.21. The van der Waals surface area contributed by atoms with E-state index < -0.39 is 11.1 Å². The molecular formula is C14H18N4O3. The highest BCUT2D eigenvalue weighted by molar-refractivity contribution is 6.02. The van der Waals surface area contributed by atoms with E-state index in [4.69, 9.17) is 5.73 Å². The second-order valence-corrected chi connectivity index (χ2v) is 4.85. The summed E-state index contributed by atoms with van der Waals surface area (Å²) in [7, 11) is 0. The average Bonchev–Trinajstić information content (AvgIpc) is 2.48. The maximum absolute atomic E-state index is 12.2. The summed E-state index contributed by atoms with van der Waals surface area (Å²) in [5.41, 5.74) is 5.04. The molecule has 0 fully saturated rings. The lowest BCUT2D eigenvalue weighted by Gasteiger charge is -2.14. The Balaban J connectivity index is 2.44. The largest absolute Gasteiger partial charge is 0.330 e. The number of anilines is 1. The second-order valence-electron chi connectivity index (χ2n) is 4.85. The molecule has 5 N–H and O–H groups in total. The average molecular weight is 290 g/mol. The molecule has 0 aliphatic heterocycles. The van der Waals surface area contributed by atoms with E-state index in [9.17, 15) is 14.4 Å². The summed E-state index contributed by atoms with van der Waals surface area (Å²) in [6, 6.07) is 4.74. The van der Waals surface area contributed by atoms with Crippen LogP contribution in [0, 0.1) is 5.92 Å². The number of aromatic amines is 2. The SMILES string of the molecule is CCCC(CN)C(=O)Nc1cccc2c(=O)[nH][nH]c(=O)c12. The van der Waals surface area contributed by atoms with Crippen LogP contribution in [0.1, 0.15) is 19.8 Å². The molecule has 7 nitrogen and oxygen atoms in total. The number of amides is 1. The predicted octanol–water partition coefficient (Wildman–Crippen LogP) is 0.530. The number of carbonyl (C=O) groups is 1. The van der Waals surface area contributed by atoms with E-state index in [-0.39, 0.29) is 29.1 Å². The summed E-state index contributed by atoms with van der Waals surface area (Å²) in [5, 5.41) is 7.61. The Morgan fingerprint density at radius 1 is 1.29 bits per heavy atom. The van der Waals surface area contributed by atoms with Gasteiger partial charge in [0, 0.05) is 6.54 Å². The van der Waals surface area contributed by atoms with Crippen molar-refractivity contribution in [3.63, 3.8) is 0 Å². The Hall–Kier alpha value is -2.41. The Bertz CT molecular complexity index is 763. The Kier molecular flexibility index (Phi) is 4.54. The first kappa shape index (κ1) is 15.0. The van der Waals surface area contributed by atoms with Crippen molar-refractivity contribution in [3.05, 3.63) is 38.9 Å². The minimum atomic E-state index is -0.458. The molecule has 0 spiro atoms. The van der Waals surface area contributed by atoms with Crippen molar-refractivity contribution in [2.75, 3.05) is 11.9 Å². The molecule has 0 bridgehead atoms. The molecule has 21 heavy (non-hydrogen) atoms. The van der Waals surface area contributed by atoms with Crippen LogP contribution in [0.2, 0.25) is 0 Å². The zero-order valence-corrected chi connectivity index (χ0v) is 11.7. The van der Waals surface area contributed by atoms with Crippen LogP contribution >= 0.6 is 0 Å². The van der Waals surface area contributed by atoms with Crippen LogP contribution < -0.4 is 22.2 Å². The number of nitrogens with two attached hydrogens (primary N) is 1. The van der Waals surface area contributed by atoms with E-state index in [1.165, 1.54) is 6.07 Å². The molecule has 0 saturated heterocycles. The molecule has 1 heterocycles. The molecule has 1 aromatic heterocycles. The molecule has 0 aliphatic carbocycles. The highest BCUT2D eigenvalue weighted by Gasteiger charge is 2.17. The van der Waals surface area contributed by atoms with Crippen molar-refractivity contribution in [2.45, 2.75) is 19.8 Å². The third-order valence-corrected chi connectivity index (χ3v) is 3.38. The van der Waals surface area contributed by atoms with Gasteiger partial charge in [-0.15, -0.1) is 0 Å². The normalized spacial score (nSPS) is 12.3. The van der Waals surface area contributed by atoms with Crippen LogP contribution in [-0.4, -0.2) is 22.6 Å². The van der Waals surface area contributed by atoms with Gasteiger partial charge in [0.25, 0.3) is 11.1 Å². The summed E-state index contributed by atoms with van der Waals surface area (Å²) in [4.78, 5) is 35.8. The number of fused-ring (bicyclic) bond motifs is 1. The molecule has 112 valence electrons. The van der Waals surface area contributed by atoms with Gasteiger partial charge in [0.1, 0.15) is 0 Å². The number of aromatic nitrogens is 2. The second kappa shape index (κ2) is 6.36. The van der Waals surface area contributed by atoms with Crippen molar-refractivity contribution in [2.24, 2.45) is 11.7 Å². The Morgan fingerprint density at radius 3 is 2.67 bits per heavy atom. The number of rotatable bonds is 5. The monoisotopic (exact) mass is 290 g/mol.